The van der Waals surface area contributed by atoms with E-state index >= 15 is 4.39 Å². The van der Waals surface area contributed by atoms with Crippen molar-refractivity contribution in [2.45, 2.75) is 75.6 Å². The molecule has 4 aromatic rings. The van der Waals surface area contributed by atoms with Gasteiger partial charge in [0.05, 0.1) is 11.1 Å². The minimum Gasteiger partial charge on any atom is -0.490 e. The molecule has 5 aliphatic rings. The van der Waals surface area contributed by atoms with Crippen LogP contribution in [0.15, 0.2) is 73.1 Å². The van der Waals surface area contributed by atoms with E-state index in [1.165, 1.54) is 12.7 Å². The fraction of sp³-hybridized carbons (Fsp3) is 0.381. The van der Waals surface area contributed by atoms with E-state index in [0.29, 0.717) is 17.5 Å². The minimum atomic E-state index is -0.996. The van der Waals surface area contributed by atoms with Gasteiger partial charge in [0.2, 0.25) is 17.6 Å². The van der Waals surface area contributed by atoms with E-state index in [-0.39, 0.29) is 53.2 Å². The van der Waals surface area contributed by atoms with E-state index < -0.39 is 35.5 Å². The van der Waals surface area contributed by atoms with E-state index in [4.69, 9.17) is 9.47 Å². The van der Waals surface area contributed by atoms with Crippen molar-refractivity contribution in [2.75, 3.05) is 36.4 Å². The number of ether oxygens (including phenoxy) is 2. The van der Waals surface area contributed by atoms with Crippen LogP contribution in [0.4, 0.5) is 15.9 Å². The number of likely N-dealkylation sites (tertiary alicyclic amines) is 1. The number of aromatic nitrogens is 2. The van der Waals surface area contributed by atoms with E-state index in [1.807, 2.05) is 41.3 Å². The van der Waals surface area contributed by atoms with Gasteiger partial charge >= 0.3 is 0 Å². The lowest BCUT2D eigenvalue weighted by molar-refractivity contribution is -0.136. The van der Waals surface area contributed by atoms with Gasteiger partial charge < -0.3 is 19.7 Å². The molecule has 4 aliphatic heterocycles. The average molecular weight is 760 g/mol. The molecule has 1 aromatic heterocycles. The molecular weight excluding hydrogens is 718 g/mol. The van der Waals surface area contributed by atoms with Gasteiger partial charge in [0.1, 0.15) is 30.0 Å². The molecule has 1 saturated carbocycles. The van der Waals surface area contributed by atoms with Crippen molar-refractivity contribution < 1.29 is 33.0 Å². The fourth-order valence-electron chi connectivity index (χ4n) is 8.14. The number of nitrogens with one attached hydrogen (secondary N) is 2. The highest BCUT2D eigenvalue weighted by atomic mass is 19.1. The molecule has 4 amide bonds. The number of halogens is 1. The Labute approximate surface area is 323 Å². The topological polar surface area (TPSA) is 146 Å². The summed E-state index contributed by atoms with van der Waals surface area (Å²) in [5, 5.41) is 5.65. The number of fused-ring (bicyclic) bond motifs is 1. The number of imide groups is 2. The van der Waals surface area contributed by atoms with Gasteiger partial charge in [-0.25, -0.2) is 4.98 Å². The van der Waals surface area contributed by atoms with Crippen molar-refractivity contribution in [3.63, 3.8) is 0 Å². The summed E-state index contributed by atoms with van der Waals surface area (Å²) < 4.78 is 27.5. The summed E-state index contributed by atoms with van der Waals surface area (Å²) in [5.74, 6) is -1.19. The molecule has 2 N–H and O–H groups in total. The summed E-state index contributed by atoms with van der Waals surface area (Å²) in [6.45, 7) is 8.03. The average Bonchev–Trinajstić information content (AvgIpc) is 3.37. The summed E-state index contributed by atoms with van der Waals surface area (Å²) in [5.41, 5.74) is 3.03. The van der Waals surface area contributed by atoms with Crippen molar-refractivity contribution in [1.82, 2.24) is 25.1 Å². The lowest BCUT2D eigenvalue weighted by Crippen LogP contribution is -2.63. The zero-order chi connectivity index (χ0) is 38.7. The van der Waals surface area contributed by atoms with Crippen molar-refractivity contribution in [2.24, 2.45) is 0 Å². The van der Waals surface area contributed by atoms with Crippen LogP contribution in [0.5, 0.6) is 17.4 Å². The van der Waals surface area contributed by atoms with Gasteiger partial charge in [-0.3, -0.25) is 34.3 Å². The van der Waals surface area contributed by atoms with Crippen LogP contribution in [0.25, 0.3) is 0 Å². The largest absolute Gasteiger partial charge is 0.490 e. The number of hydrogen-bond donors (Lipinski definition) is 2. The number of hydrogen-bond acceptors (Lipinski definition) is 11. The monoisotopic (exact) mass is 759 g/mol. The van der Waals surface area contributed by atoms with Gasteiger partial charge in [-0.05, 0) is 79.5 Å². The number of benzene rings is 3. The summed E-state index contributed by atoms with van der Waals surface area (Å²) in [6.07, 6.45) is 4.30. The van der Waals surface area contributed by atoms with Crippen LogP contribution in [0.2, 0.25) is 0 Å². The summed E-state index contributed by atoms with van der Waals surface area (Å²) in [4.78, 5) is 63.7. The highest BCUT2D eigenvalue weighted by Gasteiger charge is 2.45. The molecular formula is C42H42FN7O6. The van der Waals surface area contributed by atoms with Crippen LogP contribution in [-0.4, -0.2) is 93.8 Å². The van der Waals surface area contributed by atoms with Crippen LogP contribution in [0, 0.1) is 5.82 Å². The molecule has 3 aromatic carbocycles. The molecule has 9 rings (SSSR count). The molecule has 1 unspecified atom stereocenters. The molecule has 3 saturated heterocycles. The Morgan fingerprint density at radius 3 is 2.20 bits per heavy atom. The highest BCUT2D eigenvalue weighted by Crippen LogP contribution is 2.37. The molecule has 13 nitrogen and oxygen atoms in total. The highest BCUT2D eigenvalue weighted by molar-refractivity contribution is 6.23. The molecule has 1 atom stereocenters. The Kier molecular flexibility index (Phi) is 8.95. The molecule has 5 heterocycles. The predicted octanol–water partition coefficient (Wildman–Crippen LogP) is 5.05. The minimum absolute atomic E-state index is 0.0171. The molecule has 56 heavy (non-hydrogen) atoms. The van der Waals surface area contributed by atoms with E-state index in [0.717, 1.165) is 60.8 Å². The van der Waals surface area contributed by atoms with Crippen LogP contribution in [0.3, 0.4) is 0 Å². The summed E-state index contributed by atoms with van der Waals surface area (Å²) in [6, 6.07) is 20.3. The number of anilines is 2. The van der Waals surface area contributed by atoms with Gasteiger partial charge in [-0.1, -0.05) is 38.1 Å². The second-order valence-corrected chi connectivity index (χ2v) is 15.8. The maximum absolute atomic E-state index is 15.4. The first kappa shape index (κ1) is 35.8. The normalized spacial score (nSPS) is 22.5. The van der Waals surface area contributed by atoms with Gasteiger partial charge in [-0.2, -0.15) is 9.37 Å². The third kappa shape index (κ3) is 6.51. The van der Waals surface area contributed by atoms with Gasteiger partial charge in [0.15, 0.2) is 5.82 Å². The van der Waals surface area contributed by atoms with Crippen LogP contribution in [0.1, 0.15) is 77.8 Å². The van der Waals surface area contributed by atoms with Gasteiger partial charge in [-0.15, -0.1) is 0 Å². The Balaban J connectivity index is 0.766. The number of piperidine rings is 1. The molecule has 14 heteroatoms. The third-order valence-electron chi connectivity index (χ3n) is 11.9. The van der Waals surface area contributed by atoms with Crippen molar-refractivity contribution >= 4 is 35.1 Å². The Bertz CT molecular complexity index is 2220. The van der Waals surface area contributed by atoms with E-state index in [9.17, 15) is 19.2 Å². The Hall–Kier alpha value is -5.89. The second-order valence-electron chi connectivity index (χ2n) is 15.8. The van der Waals surface area contributed by atoms with Gasteiger partial charge in [0, 0.05) is 55.5 Å². The van der Waals surface area contributed by atoms with E-state index in [1.54, 1.807) is 18.2 Å². The standard InChI is InChI=1S/C42H42FN7O6/c1-42(2,25-6-11-30(12-7-25)56-39-36(43)37(44-23-45-39)49-21-28(22-49)48-16-3-17-48)24-4-9-29(10-5-24)55-31-18-27(19-31)46-26-8-13-32-33(20-26)41(54)50(40(32)53)34-14-15-35(51)47-38(34)52/h4-13,20,23,27-28,31,34,46H,3,14-19,21-22H2,1-2H3,(H,47,51,52)/t27-,31+,34?. The maximum atomic E-state index is 15.4. The quantitative estimate of drug-likeness (QED) is 0.198. The molecule has 4 fully saturated rings. The Morgan fingerprint density at radius 1 is 0.857 bits per heavy atom. The zero-order valence-electron chi connectivity index (χ0n) is 31.2. The molecule has 0 spiro atoms. The number of carbonyl (C=O) groups is 4. The number of rotatable bonds is 11. The first-order chi connectivity index (χ1) is 27.0. The second kappa shape index (κ2) is 14.0. The molecule has 0 bridgehead atoms. The van der Waals surface area contributed by atoms with Crippen LogP contribution < -0.4 is 25.0 Å². The first-order valence-electron chi connectivity index (χ1n) is 19.2. The van der Waals surface area contributed by atoms with Crippen molar-refractivity contribution in [1.29, 1.82) is 0 Å². The smallest absolute Gasteiger partial charge is 0.262 e. The molecule has 1 aliphatic carbocycles. The van der Waals surface area contributed by atoms with Gasteiger partial charge in [0.25, 0.3) is 17.7 Å². The first-order valence-corrected chi connectivity index (χ1v) is 19.2. The SMILES string of the molecule is CC(C)(c1ccc(Oc2ncnc(N3CC(N4CCC4)C3)c2F)cc1)c1ccc(O[C@H]2C[C@@H](Nc3ccc4c(c3)C(=O)N(C3CCC(=O)NC3=O)C4=O)C2)cc1. The zero-order valence-corrected chi connectivity index (χ0v) is 31.2. The summed E-state index contributed by atoms with van der Waals surface area (Å²) >= 11 is 0. The van der Waals surface area contributed by atoms with Crippen LogP contribution in [-0.2, 0) is 15.0 Å². The van der Waals surface area contributed by atoms with Crippen LogP contribution >= 0.6 is 0 Å². The lowest BCUT2D eigenvalue weighted by atomic mass is 9.78. The molecule has 0 radical (unpaired) electrons. The molecule has 288 valence electrons. The number of carbonyl (C=O) groups excluding carboxylic acids is 4. The third-order valence-corrected chi connectivity index (χ3v) is 11.9. The van der Waals surface area contributed by atoms with E-state index in [2.05, 4.69) is 51.5 Å². The predicted molar refractivity (Wildman–Crippen MR) is 203 cm³/mol. The van der Waals surface area contributed by atoms with Crippen molar-refractivity contribution in [3.05, 3.63) is 101 Å². The van der Waals surface area contributed by atoms with Crippen molar-refractivity contribution in [3.8, 4) is 17.4 Å². The number of nitrogens with zero attached hydrogens (tertiary/aromatic N) is 5. The Morgan fingerprint density at radius 2 is 1.54 bits per heavy atom. The fourth-order valence-corrected chi connectivity index (χ4v) is 8.14. The number of amides is 4. The maximum Gasteiger partial charge on any atom is 0.262 e. The lowest BCUT2D eigenvalue weighted by Gasteiger charge is -2.49. The summed E-state index contributed by atoms with van der Waals surface area (Å²) in [7, 11) is 0.